The highest BCUT2D eigenvalue weighted by atomic mass is 35.5. The van der Waals surface area contributed by atoms with Gasteiger partial charge in [0.05, 0.1) is 0 Å². The van der Waals surface area contributed by atoms with Gasteiger partial charge in [-0.2, -0.15) is 0 Å². The van der Waals surface area contributed by atoms with Crippen LogP contribution in [-0.4, -0.2) is 36.5 Å². The van der Waals surface area contributed by atoms with Crippen molar-refractivity contribution in [1.82, 2.24) is 10.2 Å². The quantitative estimate of drug-likeness (QED) is 0.782. The molecule has 0 bridgehead atoms. The van der Waals surface area contributed by atoms with E-state index < -0.39 is 0 Å². The molecule has 1 saturated heterocycles. The number of hydrogen-bond donors (Lipinski definition) is 1. The third-order valence-corrected chi connectivity index (χ3v) is 5.70. The Bertz CT molecular complexity index is 533. The molecule has 0 aromatic heterocycles. The van der Waals surface area contributed by atoms with Gasteiger partial charge in [-0.15, -0.1) is 12.4 Å². The van der Waals surface area contributed by atoms with Crippen molar-refractivity contribution in [1.29, 1.82) is 0 Å². The van der Waals surface area contributed by atoms with E-state index in [1.807, 2.05) is 0 Å². The standard InChI is InChI=1S/C21H32N2O.ClH/c1-3-18(19-8-4-16(2)5-9-19)14-21(24)23-12-10-20(11-13-23)22-15-17-6-7-17;/h4-5,8-9,17-18,20,22H,3,6-7,10-15H2,1-2H3;1H. The summed E-state index contributed by atoms with van der Waals surface area (Å²) in [5.41, 5.74) is 2.58. The van der Waals surface area contributed by atoms with E-state index >= 15 is 0 Å². The van der Waals surface area contributed by atoms with Crippen LogP contribution < -0.4 is 5.32 Å². The van der Waals surface area contributed by atoms with Crippen LogP contribution in [-0.2, 0) is 4.79 Å². The summed E-state index contributed by atoms with van der Waals surface area (Å²) >= 11 is 0. The number of likely N-dealkylation sites (tertiary alicyclic amines) is 1. The Kier molecular flexibility index (Phi) is 7.77. The number of amides is 1. The minimum atomic E-state index is 0. The number of carbonyl (C=O) groups is 1. The number of hydrogen-bond acceptors (Lipinski definition) is 2. The molecule has 1 aromatic carbocycles. The fourth-order valence-corrected chi connectivity index (χ4v) is 3.66. The van der Waals surface area contributed by atoms with Crippen molar-refractivity contribution >= 4 is 18.3 Å². The second kappa shape index (κ2) is 9.59. The second-order valence-electron chi connectivity index (χ2n) is 7.73. The molecule has 1 atom stereocenters. The summed E-state index contributed by atoms with van der Waals surface area (Å²) in [7, 11) is 0. The first-order chi connectivity index (χ1) is 11.7. The molecular weight excluding hydrogens is 332 g/mol. The molecule has 3 rings (SSSR count). The summed E-state index contributed by atoms with van der Waals surface area (Å²) in [4.78, 5) is 14.8. The lowest BCUT2D eigenvalue weighted by atomic mass is 9.91. The van der Waals surface area contributed by atoms with Crippen molar-refractivity contribution in [3.63, 3.8) is 0 Å². The molecule has 0 spiro atoms. The Morgan fingerprint density at radius 3 is 2.36 bits per heavy atom. The zero-order valence-corrected chi connectivity index (χ0v) is 16.5. The molecule has 0 radical (unpaired) electrons. The maximum atomic E-state index is 12.7. The topological polar surface area (TPSA) is 32.3 Å². The molecular formula is C21H33ClN2O. The molecule has 4 heteroatoms. The lowest BCUT2D eigenvalue weighted by molar-refractivity contribution is -0.132. The van der Waals surface area contributed by atoms with Gasteiger partial charge in [-0.3, -0.25) is 4.79 Å². The fourth-order valence-electron chi connectivity index (χ4n) is 3.66. The van der Waals surface area contributed by atoms with Gasteiger partial charge in [0, 0.05) is 25.6 Å². The van der Waals surface area contributed by atoms with Crippen LogP contribution in [0.1, 0.15) is 62.5 Å². The Hall–Kier alpha value is -1.06. The maximum absolute atomic E-state index is 12.7. The predicted molar refractivity (Wildman–Crippen MR) is 106 cm³/mol. The zero-order chi connectivity index (χ0) is 16.9. The van der Waals surface area contributed by atoms with Gasteiger partial charge < -0.3 is 10.2 Å². The van der Waals surface area contributed by atoms with Crippen LogP contribution >= 0.6 is 12.4 Å². The maximum Gasteiger partial charge on any atom is 0.223 e. The van der Waals surface area contributed by atoms with Crippen LogP contribution in [0.5, 0.6) is 0 Å². The molecule has 2 fully saturated rings. The first kappa shape index (κ1) is 20.3. The number of piperidine rings is 1. The van der Waals surface area contributed by atoms with E-state index in [1.54, 1.807) is 0 Å². The lowest BCUT2D eigenvalue weighted by Crippen LogP contribution is -2.45. The van der Waals surface area contributed by atoms with Crippen molar-refractivity contribution in [3.8, 4) is 0 Å². The molecule has 25 heavy (non-hydrogen) atoms. The summed E-state index contributed by atoms with van der Waals surface area (Å²) in [5, 5.41) is 3.69. The number of aryl methyl sites for hydroxylation is 1. The smallest absolute Gasteiger partial charge is 0.223 e. The van der Waals surface area contributed by atoms with Crippen molar-refractivity contribution in [3.05, 3.63) is 35.4 Å². The van der Waals surface area contributed by atoms with Gasteiger partial charge in [0.25, 0.3) is 0 Å². The Labute approximate surface area is 159 Å². The molecule has 1 aliphatic carbocycles. The Balaban J connectivity index is 0.00000225. The van der Waals surface area contributed by atoms with E-state index in [9.17, 15) is 4.79 Å². The average Bonchev–Trinajstić information content (AvgIpc) is 3.43. The number of carbonyl (C=O) groups excluding carboxylic acids is 1. The second-order valence-corrected chi connectivity index (χ2v) is 7.73. The zero-order valence-electron chi connectivity index (χ0n) is 15.7. The molecule has 140 valence electrons. The van der Waals surface area contributed by atoms with E-state index in [-0.39, 0.29) is 12.4 Å². The number of halogens is 1. The minimum absolute atomic E-state index is 0. The highest BCUT2D eigenvalue weighted by molar-refractivity contribution is 5.85. The van der Waals surface area contributed by atoms with Gasteiger partial charge in [-0.1, -0.05) is 36.8 Å². The van der Waals surface area contributed by atoms with Gasteiger partial charge >= 0.3 is 0 Å². The molecule has 1 heterocycles. The van der Waals surface area contributed by atoms with Crippen LogP contribution in [0.4, 0.5) is 0 Å². The predicted octanol–water partition coefficient (Wildman–Crippen LogP) is 4.29. The third kappa shape index (κ3) is 6.00. The fraction of sp³-hybridized carbons (Fsp3) is 0.667. The van der Waals surface area contributed by atoms with Crippen molar-refractivity contribution < 1.29 is 4.79 Å². The normalized spacial score (nSPS) is 19.4. The average molecular weight is 365 g/mol. The van der Waals surface area contributed by atoms with Crippen LogP contribution in [0, 0.1) is 12.8 Å². The van der Waals surface area contributed by atoms with Gasteiger partial charge in [0.2, 0.25) is 5.91 Å². The molecule has 1 aliphatic heterocycles. The van der Waals surface area contributed by atoms with Crippen LogP contribution in [0.15, 0.2) is 24.3 Å². The summed E-state index contributed by atoms with van der Waals surface area (Å²) in [6, 6.07) is 9.29. The highest BCUT2D eigenvalue weighted by Gasteiger charge is 2.26. The molecule has 1 unspecified atom stereocenters. The molecule has 1 aromatic rings. The molecule has 3 nitrogen and oxygen atoms in total. The van der Waals surface area contributed by atoms with E-state index in [0.717, 1.165) is 38.3 Å². The van der Waals surface area contributed by atoms with Gasteiger partial charge in [-0.25, -0.2) is 0 Å². The first-order valence-corrected chi connectivity index (χ1v) is 9.73. The van der Waals surface area contributed by atoms with Gasteiger partial charge in [0.1, 0.15) is 0 Å². The van der Waals surface area contributed by atoms with E-state index in [1.165, 1.54) is 30.5 Å². The van der Waals surface area contributed by atoms with E-state index in [4.69, 9.17) is 0 Å². The molecule has 1 N–H and O–H groups in total. The van der Waals surface area contributed by atoms with Gasteiger partial charge in [-0.05, 0) is 63.0 Å². The summed E-state index contributed by atoms with van der Waals surface area (Å²) in [5.74, 6) is 1.62. The lowest BCUT2D eigenvalue weighted by Gasteiger charge is -2.33. The van der Waals surface area contributed by atoms with Crippen LogP contribution in [0.3, 0.4) is 0 Å². The monoisotopic (exact) mass is 364 g/mol. The van der Waals surface area contributed by atoms with Crippen molar-refractivity contribution in [2.75, 3.05) is 19.6 Å². The van der Waals surface area contributed by atoms with Crippen LogP contribution in [0.2, 0.25) is 0 Å². The summed E-state index contributed by atoms with van der Waals surface area (Å²) < 4.78 is 0. The summed E-state index contributed by atoms with van der Waals surface area (Å²) in [6.07, 6.45) is 6.71. The third-order valence-electron chi connectivity index (χ3n) is 5.70. The number of nitrogens with zero attached hydrogens (tertiary/aromatic N) is 1. The molecule has 2 aliphatic rings. The Morgan fingerprint density at radius 2 is 1.80 bits per heavy atom. The minimum Gasteiger partial charge on any atom is -0.343 e. The number of nitrogens with one attached hydrogen (secondary N) is 1. The Morgan fingerprint density at radius 1 is 1.16 bits per heavy atom. The van der Waals surface area contributed by atoms with Crippen molar-refractivity contribution in [2.24, 2.45) is 5.92 Å². The SMILES string of the molecule is CCC(CC(=O)N1CCC(NCC2CC2)CC1)c1ccc(C)cc1.Cl. The molecule has 1 amide bonds. The molecule has 1 saturated carbocycles. The van der Waals surface area contributed by atoms with Gasteiger partial charge in [0.15, 0.2) is 0 Å². The van der Waals surface area contributed by atoms with E-state index in [0.29, 0.717) is 24.3 Å². The van der Waals surface area contributed by atoms with E-state index in [2.05, 4.69) is 48.3 Å². The highest BCUT2D eigenvalue weighted by Crippen LogP contribution is 2.28. The number of rotatable bonds is 7. The largest absolute Gasteiger partial charge is 0.343 e. The van der Waals surface area contributed by atoms with Crippen LogP contribution in [0.25, 0.3) is 0 Å². The first-order valence-electron chi connectivity index (χ1n) is 9.73. The number of benzene rings is 1. The summed E-state index contributed by atoms with van der Waals surface area (Å²) in [6.45, 7) is 7.32. The van der Waals surface area contributed by atoms with Crippen molar-refractivity contribution in [2.45, 2.75) is 64.3 Å².